The van der Waals surface area contributed by atoms with Crippen LogP contribution in [0.2, 0.25) is 0 Å². The van der Waals surface area contributed by atoms with Crippen LogP contribution in [0.15, 0.2) is 60.7 Å². The number of rotatable bonds is 1. The van der Waals surface area contributed by atoms with Gasteiger partial charge < -0.3 is 0 Å². The van der Waals surface area contributed by atoms with Gasteiger partial charge in [0.15, 0.2) is 0 Å². The molecule has 2 aromatic carbocycles. The van der Waals surface area contributed by atoms with Gasteiger partial charge in [0, 0.05) is 0 Å². The molecule has 1 aliphatic carbocycles. The number of allylic oxidation sites excluding steroid dienone is 1. The molecule has 0 fully saturated rings. The molecule has 84 valence electrons. The molecule has 0 spiro atoms. The lowest BCUT2D eigenvalue weighted by atomic mass is 9.83. The summed E-state index contributed by atoms with van der Waals surface area (Å²) < 4.78 is 0. The molecule has 0 saturated carbocycles. The maximum absolute atomic E-state index is 2.40. The lowest BCUT2D eigenvalue weighted by Gasteiger charge is -2.22. The Kier molecular flexibility index (Phi) is 2.56. The quantitative estimate of drug-likeness (QED) is 0.671. The zero-order valence-electron chi connectivity index (χ0n) is 10.1. The Labute approximate surface area is 103 Å². The van der Waals surface area contributed by atoms with Crippen molar-refractivity contribution in [1.29, 1.82) is 0 Å². The standard InChI is InChI=1S/C17H16/c1-13-11-15-9-5-6-10-16(15)17(12-13)14-7-3-2-4-8-14/h2-10,12-13H,11H2,1H3. The summed E-state index contributed by atoms with van der Waals surface area (Å²) >= 11 is 0. The minimum Gasteiger partial charge on any atom is -0.0729 e. The average Bonchev–Trinajstić information content (AvgIpc) is 2.39. The van der Waals surface area contributed by atoms with Gasteiger partial charge in [0.05, 0.1) is 0 Å². The number of benzene rings is 2. The molecule has 0 amide bonds. The van der Waals surface area contributed by atoms with E-state index in [0.29, 0.717) is 5.92 Å². The van der Waals surface area contributed by atoms with Crippen molar-refractivity contribution in [3.8, 4) is 0 Å². The van der Waals surface area contributed by atoms with Gasteiger partial charge in [0.25, 0.3) is 0 Å². The summed E-state index contributed by atoms with van der Waals surface area (Å²) in [5.41, 5.74) is 5.59. The van der Waals surface area contributed by atoms with Crippen LogP contribution in [-0.2, 0) is 6.42 Å². The first-order valence-electron chi connectivity index (χ1n) is 6.20. The van der Waals surface area contributed by atoms with Gasteiger partial charge in [-0.05, 0) is 34.6 Å². The van der Waals surface area contributed by atoms with Gasteiger partial charge in [0.2, 0.25) is 0 Å². The second-order valence-electron chi connectivity index (χ2n) is 4.78. The van der Waals surface area contributed by atoms with Crippen LogP contribution < -0.4 is 0 Å². The van der Waals surface area contributed by atoms with E-state index in [2.05, 4.69) is 67.6 Å². The Morgan fingerprint density at radius 1 is 0.882 bits per heavy atom. The molecule has 0 saturated heterocycles. The Morgan fingerprint density at radius 2 is 1.59 bits per heavy atom. The van der Waals surface area contributed by atoms with Gasteiger partial charge in [-0.1, -0.05) is 67.6 Å². The van der Waals surface area contributed by atoms with E-state index in [-0.39, 0.29) is 0 Å². The van der Waals surface area contributed by atoms with Crippen LogP contribution in [0.1, 0.15) is 23.6 Å². The number of fused-ring (bicyclic) bond motifs is 1. The summed E-state index contributed by atoms with van der Waals surface area (Å²) in [6, 6.07) is 19.4. The van der Waals surface area contributed by atoms with E-state index in [4.69, 9.17) is 0 Å². The second kappa shape index (κ2) is 4.21. The summed E-state index contributed by atoms with van der Waals surface area (Å²) in [5, 5.41) is 0. The van der Waals surface area contributed by atoms with Crippen LogP contribution in [-0.4, -0.2) is 0 Å². The van der Waals surface area contributed by atoms with Crippen molar-refractivity contribution in [1.82, 2.24) is 0 Å². The van der Waals surface area contributed by atoms with E-state index >= 15 is 0 Å². The highest BCUT2D eigenvalue weighted by molar-refractivity contribution is 5.82. The first-order valence-corrected chi connectivity index (χ1v) is 6.20. The lowest BCUT2D eigenvalue weighted by Crippen LogP contribution is -2.07. The van der Waals surface area contributed by atoms with Crippen LogP contribution in [0.25, 0.3) is 5.57 Å². The van der Waals surface area contributed by atoms with Crippen LogP contribution in [0.4, 0.5) is 0 Å². The fourth-order valence-electron chi connectivity index (χ4n) is 2.61. The zero-order chi connectivity index (χ0) is 11.7. The molecule has 1 aliphatic rings. The van der Waals surface area contributed by atoms with Crippen molar-refractivity contribution < 1.29 is 0 Å². The summed E-state index contributed by atoms with van der Waals surface area (Å²) in [6.07, 6.45) is 3.56. The van der Waals surface area contributed by atoms with Crippen molar-refractivity contribution in [2.45, 2.75) is 13.3 Å². The maximum atomic E-state index is 2.40. The van der Waals surface area contributed by atoms with Gasteiger partial charge in [-0.2, -0.15) is 0 Å². The third-order valence-corrected chi connectivity index (χ3v) is 3.39. The molecule has 0 N–H and O–H groups in total. The predicted octanol–water partition coefficient (Wildman–Crippen LogP) is 4.31. The molecule has 0 aliphatic heterocycles. The first kappa shape index (κ1) is 10.3. The van der Waals surface area contributed by atoms with Crippen LogP contribution in [0, 0.1) is 5.92 Å². The molecule has 2 aromatic rings. The minimum atomic E-state index is 0.625. The van der Waals surface area contributed by atoms with E-state index in [1.807, 2.05) is 0 Å². The summed E-state index contributed by atoms with van der Waals surface area (Å²) in [7, 11) is 0. The molecule has 3 rings (SSSR count). The van der Waals surface area contributed by atoms with Gasteiger partial charge in [-0.3, -0.25) is 0 Å². The van der Waals surface area contributed by atoms with Crippen LogP contribution in [0.3, 0.4) is 0 Å². The van der Waals surface area contributed by atoms with Crippen molar-refractivity contribution in [2.75, 3.05) is 0 Å². The minimum absolute atomic E-state index is 0.625. The normalized spacial score (nSPS) is 18.4. The molecule has 0 nitrogen and oxygen atoms in total. The maximum Gasteiger partial charge on any atom is -0.0146 e. The first-order chi connectivity index (χ1) is 8.34. The smallest absolute Gasteiger partial charge is 0.0146 e. The fraction of sp³-hybridized carbons (Fsp3) is 0.176. The highest BCUT2D eigenvalue weighted by Gasteiger charge is 2.16. The highest BCUT2D eigenvalue weighted by atomic mass is 14.2. The van der Waals surface area contributed by atoms with E-state index in [9.17, 15) is 0 Å². The van der Waals surface area contributed by atoms with Gasteiger partial charge in [-0.25, -0.2) is 0 Å². The Balaban J connectivity index is 2.16. The predicted molar refractivity (Wildman–Crippen MR) is 72.8 cm³/mol. The zero-order valence-corrected chi connectivity index (χ0v) is 10.1. The lowest BCUT2D eigenvalue weighted by molar-refractivity contribution is 0.714. The topological polar surface area (TPSA) is 0 Å². The van der Waals surface area contributed by atoms with E-state index < -0.39 is 0 Å². The van der Waals surface area contributed by atoms with Crippen LogP contribution >= 0.6 is 0 Å². The Morgan fingerprint density at radius 3 is 2.41 bits per heavy atom. The molecule has 0 heteroatoms. The average molecular weight is 220 g/mol. The molecule has 0 bridgehead atoms. The SMILES string of the molecule is CC1C=C(c2ccccc2)c2ccccc2C1. The Bertz CT molecular complexity index is 549. The molecular formula is C17H16. The monoisotopic (exact) mass is 220 g/mol. The van der Waals surface area contributed by atoms with Crippen LogP contribution in [0.5, 0.6) is 0 Å². The van der Waals surface area contributed by atoms with Crippen molar-refractivity contribution in [2.24, 2.45) is 5.92 Å². The fourth-order valence-corrected chi connectivity index (χ4v) is 2.61. The van der Waals surface area contributed by atoms with E-state index in [1.165, 1.54) is 22.3 Å². The van der Waals surface area contributed by atoms with Crippen molar-refractivity contribution in [3.05, 3.63) is 77.4 Å². The molecule has 0 heterocycles. The summed E-state index contributed by atoms with van der Waals surface area (Å²) in [4.78, 5) is 0. The third kappa shape index (κ3) is 1.91. The van der Waals surface area contributed by atoms with E-state index in [1.54, 1.807) is 0 Å². The summed E-state index contributed by atoms with van der Waals surface area (Å²) in [5.74, 6) is 0.625. The second-order valence-corrected chi connectivity index (χ2v) is 4.78. The molecule has 0 aromatic heterocycles. The number of hydrogen-bond acceptors (Lipinski definition) is 0. The molecular weight excluding hydrogens is 204 g/mol. The molecule has 0 radical (unpaired) electrons. The Hall–Kier alpha value is -1.82. The summed E-state index contributed by atoms with van der Waals surface area (Å²) in [6.45, 7) is 2.29. The number of hydrogen-bond donors (Lipinski definition) is 0. The molecule has 1 atom stereocenters. The molecule has 1 unspecified atom stereocenters. The van der Waals surface area contributed by atoms with Gasteiger partial charge >= 0.3 is 0 Å². The van der Waals surface area contributed by atoms with E-state index in [0.717, 1.165) is 6.42 Å². The highest BCUT2D eigenvalue weighted by Crippen LogP contribution is 2.33. The third-order valence-electron chi connectivity index (χ3n) is 3.39. The van der Waals surface area contributed by atoms with Crippen molar-refractivity contribution >= 4 is 5.57 Å². The van der Waals surface area contributed by atoms with Gasteiger partial charge in [0.1, 0.15) is 0 Å². The van der Waals surface area contributed by atoms with Gasteiger partial charge in [-0.15, -0.1) is 0 Å². The largest absolute Gasteiger partial charge is 0.0729 e. The van der Waals surface area contributed by atoms with Crippen molar-refractivity contribution in [3.63, 3.8) is 0 Å². The molecule has 17 heavy (non-hydrogen) atoms.